The molecule has 92 valence electrons. The first kappa shape index (κ1) is 11.8. The lowest BCUT2D eigenvalue weighted by Crippen LogP contribution is -2.15. The van der Waals surface area contributed by atoms with E-state index in [-0.39, 0.29) is 17.0 Å². The molecule has 1 aromatic heterocycles. The highest BCUT2D eigenvalue weighted by Crippen LogP contribution is 2.09. The molecule has 6 nitrogen and oxygen atoms in total. The molecule has 0 bridgehead atoms. The second kappa shape index (κ2) is 4.70. The molecule has 1 heterocycles. The Hall–Kier alpha value is -2.63. The van der Waals surface area contributed by atoms with Crippen LogP contribution in [0.25, 0.3) is 0 Å². The summed E-state index contributed by atoms with van der Waals surface area (Å²) >= 11 is 0. The van der Waals surface area contributed by atoms with Crippen molar-refractivity contribution in [1.29, 1.82) is 0 Å². The zero-order chi connectivity index (χ0) is 13.1. The number of hydrogen-bond acceptors (Lipinski definition) is 3. The standard InChI is InChI=1S/C12H11N3O3/c1-15-10(5-6-13-15)14-11(16)8-3-2-4-9(7-8)12(17)18/h2-7H,1H3,(H,14,16)(H,17,18). The lowest BCUT2D eigenvalue weighted by Gasteiger charge is -2.05. The lowest BCUT2D eigenvalue weighted by molar-refractivity contribution is 0.0697. The van der Waals surface area contributed by atoms with E-state index in [9.17, 15) is 9.59 Å². The molecule has 0 fully saturated rings. The molecule has 1 aromatic carbocycles. The minimum Gasteiger partial charge on any atom is -0.478 e. The van der Waals surface area contributed by atoms with E-state index in [1.54, 1.807) is 25.4 Å². The van der Waals surface area contributed by atoms with Gasteiger partial charge in [-0.3, -0.25) is 9.48 Å². The van der Waals surface area contributed by atoms with E-state index in [4.69, 9.17) is 5.11 Å². The lowest BCUT2D eigenvalue weighted by atomic mass is 10.1. The maximum Gasteiger partial charge on any atom is 0.335 e. The zero-order valence-corrected chi connectivity index (χ0v) is 9.62. The van der Waals surface area contributed by atoms with Crippen molar-refractivity contribution in [2.75, 3.05) is 5.32 Å². The Morgan fingerprint density at radius 1 is 1.28 bits per heavy atom. The fourth-order valence-corrected chi connectivity index (χ4v) is 1.48. The van der Waals surface area contributed by atoms with Gasteiger partial charge in [0, 0.05) is 18.7 Å². The fourth-order valence-electron chi connectivity index (χ4n) is 1.48. The SMILES string of the molecule is Cn1nccc1NC(=O)c1cccc(C(=O)O)c1. The van der Waals surface area contributed by atoms with Crippen molar-refractivity contribution in [3.05, 3.63) is 47.7 Å². The second-order valence-electron chi connectivity index (χ2n) is 3.68. The number of hydrogen-bond donors (Lipinski definition) is 2. The molecule has 0 saturated heterocycles. The number of carboxylic acid groups (broad SMARTS) is 1. The molecule has 18 heavy (non-hydrogen) atoms. The van der Waals surface area contributed by atoms with Crippen molar-refractivity contribution in [3.8, 4) is 0 Å². The average Bonchev–Trinajstić information content (AvgIpc) is 2.75. The fraction of sp³-hybridized carbons (Fsp3) is 0.0833. The molecule has 0 unspecified atom stereocenters. The number of carbonyl (C=O) groups is 2. The Morgan fingerprint density at radius 3 is 2.61 bits per heavy atom. The number of carbonyl (C=O) groups excluding carboxylic acids is 1. The quantitative estimate of drug-likeness (QED) is 0.855. The molecule has 0 radical (unpaired) electrons. The molecule has 0 aliphatic rings. The van der Waals surface area contributed by atoms with Gasteiger partial charge in [0.05, 0.1) is 11.8 Å². The summed E-state index contributed by atoms with van der Waals surface area (Å²) in [4.78, 5) is 22.7. The molecule has 0 aliphatic heterocycles. The molecule has 2 aromatic rings. The largest absolute Gasteiger partial charge is 0.478 e. The van der Waals surface area contributed by atoms with Gasteiger partial charge in [-0.2, -0.15) is 5.10 Å². The maximum absolute atomic E-state index is 11.9. The number of benzene rings is 1. The normalized spacial score (nSPS) is 10.1. The summed E-state index contributed by atoms with van der Waals surface area (Å²) in [7, 11) is 1.70. The molecular formula is C12H11N3O3. The van der Waals surface area contributed by atoms with Gasteiger partial charge >= 0.3 is 5.97 Å². The summed E-state index contributed by atoms with van der Waals surface area (Å²) in [5.41, 5.74) is 0.365. The van der Waals surface area contributed by atoms with Gasteiger partial charge in [-0.25, -0.2) is 4.79 Å². The Labute approximate surface area is 103 Å². The predicted molar refractivity (Wildman–Crippen MR) is 64.6 cm³/mol. The van der Waals surface area contributed by atoms with Crippen LogP contribution in [0, 0.1) is 0 Å². The molecule has 0 aliphatic carbocycles. The number of amides is 1. The average molecular weight is 245 g/mol. The van der Waals surface area contributed by atoms with E-state index < -0.39 is 5.97 Å². The first-order valence-electron chi connectivity index (χ1n) is 5.20. The third-order valence-corrected chi connectivity index (χ3v) is 2.43. The molecule has 6 heteroatoms. The highest BCUT2D eigenvalue weighted by atomic mass is 16.4. The summed E-state index contributed by atoms with van der Waals surface area (Å²) in [6.45, 7) is 0. The van der Waals surface area contributed by atoms with Crippen LogP contribution in [0.15, 0.2) is 36.5 Å². The minimum atomic E-state index is -1.06. The second-order valence-corrected chi connectivity index (χ2v) is 3.68. The van der Waals surface area contributed by atoms with E-state index in [0.717, 1.165) is 0 Å². The van der Waals surface area contributed by atoms with Crippen LogP contribution in [0.5, 0.6) is 0 Å². The van der Waals surface area contributed by atoms with E-state index in [1.807, 2.05) is 0 Å². The first-order chi connectivity index (χ1) is 8.58. The van der Waals surface area contributed by atoms with Crippen molar-refractivity contribution in [2.24, 2.45) is 7.05 Å². The van der Waals surface area contributed by atoms with Crippen molar-refractivity contribution in [3.63, 3.8) is 0 Å². The van der Waals surface area contributed by atoms with E-state index >= 15 is 0 Å². The van der Waals surface area contributed by atoms with Gasteiger partial charge < -0.3 is 10.4 Å². The van der Waals surface area contributed by atoms with Crippen LogP contribution < -0.4 is 5.32 Å². The van der Waals surface area contributed by atoms with Crippen LogP contribution in [-0.2, 0) is 7.05 Å². The summed E-state index contributed by atoms with van der Waals surface area (Å²) in [6.07, 6.45) is 1.56. The molecule has 1 amide bonds. The summed E-state index contributed by atoms with van der Waals surface area (Å²) < 4.78 is 1.51. The minimum absolute atomic E-state index is 0.0765. The van der Waals surface area contributed by atoms with Crippen LogP contribution in [-0.4, -0.2) is 26.8 Å². The number of rotatable bonds is 3. The molecule has 2 rings (SSSR count). The molecule has 0 saturated carbocycles. The van der Waals surface area contributed by atoms with Crippen LogP contribution >= 0.6 is 0 Å². The number of anilines is 1. The van der Waals surface area contributed by atoms with Gasteiger partial charge in [0.25, 0.3) is 5.91 Å². The number of aromatic carboxylic acids is 1. The van der Waals surface area contributed by atoms with Crippen LogP contribution in [0.1, 0.15) is 20.7 Å². The summed E-state index contributed by atoms with van der Waals surface area (Å²) in [5, 5.41) is 15.4. The highest BCUT2D eigenvalue weighted by Gasteiger charge is 2.10. The zero-order valence-electron chi connectivity index (χ0n) is 9.62. The number of aryl methyl sites for hydroxylation is 1. The van der Waals surface area contributed by atoms with Gasteiger partial charge in [-0.05, 0) is 18.2 Å². The first-order valence-corrected chi connectivity index (χ1v) is 5.20. The molecule has 0 atom stereocenters. The van der Waals surface area contributed by atoms with Gasteiger partial charge in [0.2, 0.25) is 0 Å². The smallest absolute Gasteiger partial charge is 0.335 e. The van der Waals surface area contributed by atoms with Gasteiger partial charge in [-0.15, -0.1) is 0 Å². The van der Waals surface area contributed by atoms with Crippen molar-refractivity contribution < 1.29 is 14.7 Å². The van der Waals surface area contributed by atoms with E-state index in [2.05, 4.69) is 10.4 Å². The Bertz CT molecular complexity index is 604. The van der Waals surface area contributed by atoms with Gasteiger partial charge in [-0.1, -0.05) is 6.07 Å². The number of nitrogens with zero attached hydrogens (tertiary/aromatic N) is 2. The molecular weight excluding hydrogens is 234 g/mol. The summed E-state index contributed by atoms with van der Waals surface area (Å²) in [5.74, 6) is -0.896. The third-order valence-electron chi connectivity index (χ3n) is 2.43. The van der Waals surface area contributed by atoms with Crippen LogP contribution in [0.3, 0.4) is 0 Å². The predicted octanol–water partition coefficient (Wildman–Crippen LogP) is 1.37. The third kappa shape index (κ3) is 2.37. The Morgan fingerprint density at radius 2 is 2.00 bits per heavy atom. The van der Waals surface area contributed by atoms with E-state index in [1.165, 1.54) is 22.9 Å². The van der Waals surface area contributed by atoms with Crippen molar-refractivity contribution in [1.82, 2.24) is 9.78 Å². The topological polar surface area (TPSA) is 84.2 Å². The maximum atomic E-state index is 11.9. The van der Waals surface area contributed by atoms with Gasteiger partial charge in [0.1, 0.15) is 5.82 Å². The number of carboxylic acids is 1. The highest BCUT2D eigenvalue weighted by molar-refractivity contribution is 6.05. The number of nitrogens with one attached hydrogen (secondary N) is 1. The molecule has 0 spiro atoms. The van der Waals surface area contributed by atoms with Crippen molar-refractivity contribution >= 4 is 17.7 Å². The van der Waals surface area contributed by atoms with Gasteiger partial charge in [0.15, 0.2) is 0 Å². The Balaban J connectivity index is 2.21. The van der Waals surface area contributed by atoms with Crippen molar-refractivity contribution in [2.45, 2.75) is 0 Å². The van der Waals surface area contributed by atoms with Crippen LogP contribution in [0.2, 0.25) is 0 Å². The Kier molecular flexibility index (Phi) is 3.09. The van der Waals surface area contributed by atoms with E-state index in [0.29, 0.717) is 5.82 Å². The van der Waals surface area contributed by atoms with Crippen LogP contribution in [0.4, 0.5) is 5.82 Å². The summed E-state index contributed by atoms with van der Waals surface area (Å²) in [6, 6.07) is 7.50. The molecule has 2 N–H and O–H groups in total. The number of aromatic nitrogens is 2. The monoisotopic (exact) mass is 245 g/mol.